The average Bonchev–Trinajstić information content (AvgIpc) is 0.979. The number of halogens is 4. The van der Waals surface area contributed by atoms with Crippen molar-refractivity contribution in [2.24, 2.45) is 0 Å². The monoisotopic (exact) mass is 1190 g/mol. The van der Waals surface area contributed by atoms with Gasteiger partial charge in [-0.2, -0.15) is 5.26 Å². The molecule has 9 aromatic carbocycles. The standard InChI is InChI=1S/C71H47B3F4N4O4S2/c1-32-15-51-61-55(17-32)83-53-30-50-42(73-62-52(82(50)65-47(77)24-37(25-48(65)78)71(7,8)9)16-33(2)18-56(62)85-67-40-26-38(80-10)12-14-60(40)88-68(67)73)28-43(53)72(61)41-27-44-54(29-49(41)81(51)64-45(75)22-36(23-46(64)76)70(4,5)6)84-57-19-34(3)20-58-63(57)74(44)69-66(86-58)39-21-35(31-79)11-13-59(39)87-69/h11-30H,1-9H3. The Bertz CT molecular complexity index is 5160. The highest BCUT2D eigenvalue weighted by Crippen LogP contribution is 2.51. The van der Waals surface area contributed by atoms with E-state index in [-0.39, 0.29) is 11.4 Å². The summed E-state index contributed by atoms with van der Waals surface area (Å²) in [4.78, 5) is 7.14. The van der Waals surface area contributed by atoms with Crippen LogP contribution in [0.3, 0.4) is 0 Å². The molecule has 2 aromatic heterocycles. The molecule has 0 atom stereocenters. The summed E-state index contributed by atoms with van der Waals surface area (Å²) in [6.07, 6.45) is 0. The largest absolute Gasteiger partial charge is 0.458 e. The van der Waals surface area contributed by atoms with E-state index in [0.29, 0.717) is 118 Å². The first-order valence-electron chi connectivity index (χ1n) is 29.1. The molecule has 11 aromatic rings. The molecule has 0 saturated heterocycles. The number of nitriles is 1. The summed E-state index contributed by atoms with van der Waals surface area (Å²) in [5.74, 6) is 1.33. The van der Waals surface area contributed by atoms with Gasteiger partial charge in [0.25, 0.3) is 20.1 Å². The number of thiophene rings is 2. The van der Waals surface area contributed by atoms with Crippen LogP contribution in [-0.2, 0) is 10.8 Å². The Labute approximate surface area is 513 Å². The third kappa shape index (κ3) is 7.32. The van der Waals surface area contributed by atoms with E-state index in [9.17, 15) is 5.26 Å². The van der Waals surface area contributed by atoms with Gasteiger partial charge in [0.1, 0.15) is 57.4 Å². The molecule has 0 spiro atoms. The van der Waals surface area contributed by atoms with Crippen molar-refractivity contribution in [3.63, 3.8) is 0 Å². The smallest absolute Gasteiger partial charge is 0.273 e. The molecular formula is C71H47B3F4N4O4S2. The Hall–Kier alpha value is -9.41. The molecule has 8 heterocycles. The first-order valence-corrected chi connectivity index (χ1v) is 30.8. The van der Waals surface area contributed by atoms with Gasteiger partial charge in [-0.3, -0.25) is 0 Å². The molecule has 0 fully saturated rings. The summed E-state index contributed by atoms with van der Waals surface area (Å²) < 4.78 is 102. The van der Waals surface area contributed by atoms with Crippen molar-refractivity contribution < 1.29 is 36.5 Å². The summed E-state index contributed by atoms with van der Waals surface area (Å²) in [5.41, 5.74) is 9.81. The van der Waals surface area contributed by atoms with E-state index in [2.05, 4.69) is 23.0 Å². The van der Waals surface area contributed by atoms with E-state index in [1.165, 1.54) is 24.3 Å². The minimum absolute atomic E-state index is 0.263. The molecule has 0 saturated carbocycles. The normalized spacial score (nSPS) is 14.2. The Balaban J connectivity index is 0.971. The summed E-state index contributed by atoms with van der Waals surface area (Å²) in [6, 6.07) is 39.0. The lowest BCUT2D eigenvalue weighted by atomic mass is 9.30. The van der Waals surface area contributed by atoms with Gasteiger partial charge in [-0.05, 0) is 177 Å². The predicted octanol–water partition coefficient (Wildman–Crippen LogP) is 14.2. The lowest BCUT2D eigenvalue weighted by Gasteiger charge is -2.43. The van der Waals surface area contributed by atoms with Crippen LogP contribution in [0.25, 0.3) is 25.0 Å². The highest BCUT2D eigenvalue weighted by molar-refractivity contribution is 7.34. The molecule has 88 heavy (non-hydrogen) atoms. The fourth-order valence-corrected chi connectivity index (χ4v) is 16.8. The summed E-state index contributed by atoms with van der Waals surface area (Å²) >= 11 is 3.13. The number of benzene rings is 9. The first kappa shape index (κ1) is 52.9. The molecule has 17 heteroatoms. The van der Waals surface area contributed by atoms with Gasteiger partial charge in [-0.1, -0.05) is 65.8 Å². The van der Waals surface area contributed by atoms with Crippen LogP contribution in [0.1, 0.15) is 74.9 Å². The summed E-state index contributed by atoms with van der Waals surface area (Å²) in [6.45, 7) is 23.6. The lowest BCUT2D eigenvalue weighted by molar-refractivity contribution is 0.467. The number of hydrogen-bond acceptors (Lipinski definition) is 9. The van der Waals surface area contributed by atoms with Crippen molar-refractivity contribution in [1.29, 1.82) is 5.26 Å². The molecule has 424 valence electrons. The van der Waals surface area contributed by atoms with E-state index < -0.39 is 54.2 Å². The molecule has 0 bridgehead atoms. The maximum atomic E-state index is 17.7. The van der Waals surface area contributed by atoms with Gasteiger partial charge in [-0.25, -0.2) is 22.4 Å². The van der Waals surface area contributed by atoms with Gasteiger partial charge in [0.05, 0.1) is 18.2 Å². The van der Waals surface area contributed by atoms with Crippen LogP contribution in [-0.4, -0.2) is 20.1 Å². The number of hydrogen-bond donors (Lipinski definition) is 0. The van der Waals surface area contributed by atoms with E-state index in [1.54, 1.807) is 38.5 Å². The zero-order chi connectivity index (χ0) is 60.6. The van der Waals surface area contributed by atoms with Crippen LogP contribution in [0.15, 0.2) is 121 Å². The second-order valence-corrected chi connectivity index (χ2v) is 28.3. The highest BCUT2D eigenvalue weighted by Gasteiger charge is 2.51. The number of nitrogens with zero attached hydrogens (tertiary/aromatic N) is 4. The molecular weight excluding hydrogens is 1150 g/mol. The van der Waals surface area contributed by atoms with Crippen LogP contribution in [0.4, 0.5) is 57.4 Å². The van der Waals surface area contributed by atoms with Crippen molar-refractivity contribution in [1.82, 2.24) is 0 Å². The molecule has 0 aliphatic carbocycles. The Kier molecular flexibility index (Phi) is 10.7. The number of fused-ring (bicyclic) bond motifs is 16. The van der Waals surface area contributed by atoms with Crippen LogP contribution < -0.4 is 76.5 Å². The van der Waals surface area contributed by atoms with E-state index >= 15 is 17.6 Å². The number of rotatable bonds is 2. The quantitative estimate of drug-likeness (QED) is 0.0970. The van der Waals surface area contributed by atoms with Gasteiger partial charge in [0, 0.05) is 70.1 Å². The molecule has 0 unspecified atom stereocenters. The Morgan fingerprint density at radius 1 is 0.466 bits per heavy atom. The van der Waals surface area contributed by atoms with Crippen molar-refractivity contribution in [3.05, 3.63) is 189 Å². The fraction of sp³-hybridized carbons (Fsp3) is 0.155. The second-order valence-electron chi connectivity index (χ2n) is 26.1. The predicted molar refractivity (Wildman–Crippen MR) is 349 cm³/mol. The second kappa shape index (κ2) is 17.9. The molecule has 0 radical (unpaired) electrons. The maximum absolute atomic E-state index is 17.7. The van der Waals surface area contributed by atoms with Crippen LogP contribution in [0.5, 0.6) is 46.0 Å². The van der Waals surface area contributed by atoms with Crippen molar-refractivity contribution in [3.8, 4) is 52.1 Å². The van der Waals surface area contributed by atoms with E-state index in [4.69, 9.17) is 25.5 Å². The molecule has 17 rings (SSSR count). The van der Waals surface area contributed by atoms with Crippen LogP contribution >= 0.6 is 22.7 Å². The zero-order valence-electron chi connectivity index (χ0n) is 49.0. The first-order chi connectivity index (χ1) is 42.1. The van der Waals surface area contributed by atoms with Crippen LogP contribution in [0.2, 0.25) is 0 Å². The SMILES string of the molecule is [C-]#[N+]c1ccc2sc3c(c2c1)Oc1cc(C)cc2c1B3c1cc3c(cc1N2c1c(F)cc(C(C)(C)C)cc1F)Oc1cc(C)cc2c1B3c1cc3c(cc1N2c1c(F)cc(C(C)(C)C)cc1F)Oc1cc(C)cc2c1B3c1sc3ccc(C#N)cc3c1O2. The summed E-state index contributed by atoms with van der Waals surface area (Å²) in [7, 11) is 0. The number of anilines is 6. The third-order valence-electron chi connectivity index (χ3n) is 18.3. The van der Waals surface area contributed by atoms with Gasteiger partial charge in [0.2, 0.25) is 0 Å². The van der Waals surface area contributed by atoms with Crippen molar-refractivity contribution >= 4 is 151 Å². The minimum atomic E-state index is -0.752. The van der Waals surface area contributed by atoms with Gasteiger partial charge in [0.15, 0.2) is 29.0 Å². The average molecular weight is 1190 g/mol. The fourth-order valence-electron chi connectivity index (χ4n) is 14.3. The molecule has 0 amide bonds. The highest BCUT2D eigenvalue weighted by atomic mass is 32.1. The lowest BCUT2D eigenvalue weighted by Crippen LogP contribution is -2.64. The van der Waals surface area contributed by atoms with Gasteiger partial charge < -0.3 is 28.7 Å². The third-order valence-corrected chi connectivity index (χ3v) is 20.8. The Morgan fingerprint density at radius 3 is 1.39 bits per heavy atom. The molecule has 8 nitrogen and oxygen atoms in total. The molecule has 6 aliphatic rings. The minimum Gasteiger partial charge on any atom is -0.458 e. The van der Waals surface area contributed by atoms with E-state index in [0.717, 1.165) is 57.3 Å². The van der Waals surface area contributed by atoms with Gasteiger partial charge in [-0.15, -0.1) is 22.7 Å². The maximum Gasteiger partial charge on any atom is 0.273 e. The van der Waals surface area contributed by atoms with Crippen molar-refractivity contribution in [2.45, 2.75) is 73.1 Å². The molecule has 6 aliphatic heterocycles. The number of aryl methyl sites for hydroxylation is 3. The van der Waals surface area contributed by atoms with Gasteiger partial charge >= 0.3 is 0 Å². The number of ether oxygens (including phenoxy) is 4. The Morgan fingerprint density at radius 2 is 0.886 bits per heavy atom. The van der Waals surface area contributed by atoms with Crippen LogP contribution in [0, 0.1) is 61.9 Å². The molecule has 0 N–H and O–H groups in total. The zero-order valence-corrected chi connectivity index (χ0v) is 50.7. The van der Waals surface area contributed by atoms with Crippen molar-refractivity contribution in [2.75, 3.05) is 9.80 Å². The summed E-state index contributed by atoms with van der Waals surface area (Å²) in [5, 5.41) is 11.7. The topological polar surface area (TPSA) is 71.5 Å². The van der Waals surface area contributed by atoms with E-state index in [1.807, 2.05) is 141 Å².